The van der Waals surface area contributed by atoms with Gasteiger partial charge in [-0.15, -0.1) is 0 Å². The van der Waals surface area contributed by atoms with Crippen LogP contribution in [0.5, 0.6) is 0 Å². The molecule has 2 aromatic rings. The van der Waals surface area contributed by atoms with Crippen molar-refractivity contribution in [2.75, 3.05) is 13.2 Å². The minimum atomic E-state index is 0.230. The van der Waals surface area contributed by atoms with E-state index < -0.39 is 0 Å². The summed E-state index contributed by atoms with van der Waals surface area (Å²) < 4.78 is 5.74. The number of aryl methyl sites for hydroxylation is 1. The van der Waals surface area contributed by atoms with Gasteiger partial charge in [0.15, 0.2) is 0 Å². The summed E-state index contributed by atoms with van der Waals surface area (Å²) in [7, 11) is 0. The third-order valence-electron chi connectivity index (χ3n) is 3.72. The highest BCUT2D eigenvalue weighted by atomic mass is 32.1. The molecule has 1 aliphatic rings. The average molecular weight is 278 g/mol. The minimum Gasteiger partial charge on any atom is -0.441 e. The van der Waals surface area contributed by atoms with Gasteiger partial charge in [-0.3, -0.25) is 4.90 Å². The first-order chi connectivity index (χ1) is 9.28. The molecule has 0 amide bonds. The van der Waals surface area contributed by atoms with E-state index in [0.717, 1.165) is 42.9 Å². The number of aromatic nitrogens is 1. The Hall–Kier alpha value is -1.17. The van der Waals surface area contributed by atoms with Crippen molar-refractivity contribution in [2.45, 2.75) is 32.4 Å². The zero-order chi connectivity index (χ0) is 13.2. The predicted molar refractivity (Wildman–Crippen MR) is 75.1 cm³/mol. The molecule has 1 N–H and O–H groups in total. The largest absolute Gasteiger partial charge is 0.441 e. The Morgan fingerprint density at radius 3 is 3.21 bits per heavy atom. The van der Waals surface area contributed by atoms with Gasteiger partial charge in [-0.05, 0) is 37.8 Å². The summed E-state index contributed by atoms with van der Waals surface area (Å²) in [5, 5.41) is 13.4. The highest BCUT2D eigenvalue weighted by Crippen LogP contribution is 2.26. The molecule has 0 radical (unpaired) electrons. The number of oxazole rings is 1. The Morgan fingerprint density at radius 1 is 1.58 bits per heavy atom. The van der Waals surface area contributed by atoms with Crippen molar-refractivity contribution in [3.8, 4) is 11.5 Å². The van der Waals surface area contributed by atoms with Crippen LogP contribution >= 0.6 is 11.3 Å². The summed E-state index contributed by atoms with van der Waals surface area (Å²) >= 11 is 1.64. The number of likely N-dealkylation sites (tertiary alicyclic amines) is 1. The summed E-state index contributed by atoms with van der Waals surface area (Å²) in [5.41, 5.74) is 2.03. The maximum Gasteiger partial charge on any atom is 0.227 e. The second-order valence-corrected chi connectivity index (χ2v) is 5.76. The molecule has 5 heteroatoms. The molecule has 1 saturated heterocycles. The van der Waals surface area contributed by atoms with E-state index in [1.165, 1.54) is 0 Å². The second kappa shape index (κ2) is 5.45. The van der Waals surface area contributed by atoms with E-state index in [9.17, 15) is 5.11 Å². The van der Waals surface area contributed by atoms with Crippen LogP contribution in [0.2, 0.25) is 0 Å². The monoisotopic (exact) mass is 278 g/mol. The lowest BCUT2D eigenvalue weighted by Gasteiger charge is -2.21. The molecular formula is C14H18N2O2S. The second-order valence-electron chi connectivity index (χ2n) is 4.98. The number of thiophene rings is 1. The standard InChI is InChI=1S/C14H18N2O2S/c1-10-13(7-16-5-2-3-12(16)8-17)15-14(18-10)11-4-6-19-9-11/h4,6,9,12,17H,2-3,5,7-8H2,1H3/t12-/m1/s1. The number of nitrogens with zero attached hydrogens (tertiary/aromatic N) is 2. The topological polar surface area (TPSA) is 49.5 Å². The average Bonchev–Trinajstić information content (AvgIpc) is 3.11. The van der Waals surface area contributed by atoms with Gasteiger partial charge in [0.25, 0.3) is 0 Å². The van der Waals surface area contributed by atoms with Crippen molar-refractivity contribution in [3.63, 3.8) is 0 Å². The predicted octanol–water partition coefficient (Wildman–Crippen LogP) is 2.67. The van der Waals surface area contributed by atoms with Crippen molar-refractivity contribution in [2.24, 2.45) is 0 Å². The summed E-state index contributed by atoms with van der Waals surface area (Å²) in [4.78, 5) is 6.90. The molecule has 19 heavy (non-hydrogen) atoms. The van der Waals surface area contributed by atoms with E-state index in [1.54, 1.807) is 11.3 Å². The van der Waals surface area contributed by atoms with Crippen molar-refractivity contribution < 1.29 is 9.52 Å². The van der Waals surface area contributed by atoms with Gasteiger partial charge in [-0.25, -0.2) is 4.98 Å². The van der Waals surface area contributed by atoms with Gasteiger partial charge in [-0.2, -0.15) is 11.3 Å². The fourth-order valence-corrected chi connectivity index (χ4v) is 3.22. The third kappa shape index (κ3) is 2.59. The first-order valence-corrected chi connectivity index (χ1v) is 7.56. The van der Waals surface area contributed by atoms with E-state index in [1.807, 2.05) is 23.8 Å². The van der Waals surface area contributed by atoms with E-state index in [-0.39, 0.29) is 12.6 Å². The Kier molecular flexibility index (Phi) is 3.68. The summed E-state index contributed by atoms with van der Waals surface area (Å²) in [6.07, 6.45) is 2.23. The van der Waals surface area contributed by atoms with Crippen LogP contribution < -0.4 is 0 Å². The maximum absolute atomic E-state index is 9.36. The van der Waals surface area contributed by atoms with Crippen LogP contribution in [0.4, 0.5) is 0 Å². The van der Waals surface area contributed by atoms with Crippen LogP contribution in [0.3, 0.4) is 0 Å². The zero-order valence-corrected chi connectivity index (χ0v) is 11.8. The van der Waals surface area contributed by atoms with Crippen molar-refractivity contribution in [1.82, 2.24) is 9.88 Å². The highest BCUT2D eigenvalue weighted by molar-refractivity contribution is 7.08. The van der Waals surface area contributed by atoms with Gasteiger partial charge in [0.2, 0.25) is 5.89 Å². The molecule has 1 aliphatic heterocycles. The lowest BCUT2D eigenvalue weighted by atomic mass is 10.2. The Morgan fingerprint density at radius 2 is 2.47 bits per heavy atom. The number of rotatable bonds is 4. The molecule has 0 unspecified atom stereocenters. The van der Waals surface area contributed by atoms with Crippen LogP contribution in [-0.4, -0.2) is 34.2 Å². The van der Waals surface area contributed by atoms with Gasteiger partial charge in [0.05, 0.1) is 12.3 Å². The summed E-state index contributed by atoms with van der Waals surface area (Å²) in [6, 6.07) is 2.30. The molecule has 102 valence electrons. The van der Waals surface area contributed by atoms with Crippen LogP contribution in [0.25, 0.3) is 11.5 Å². The fraction of sp³-hybridized carbons (Fsp3) is 0.500. The Labute approximate surface area is 116 Å². The van der Waals surface area contributed by atoms with Gasteiger partial charge in [0, 0.05) is 23.5 Å². The van der Waals surface area contributed by atoms with Gasteiger partial charge >= 0.3 is 0 Å². The minimum absolute atomic E-state index is 0.230. The first kappa shape index (κ1) is 12.8. The van der Waals surface area contributed by atoms with Crippen LogP contribution in [0.15, 0.2) is 21.2 Å². The fourth-order valence-electron chi connectivity index (χ4n) is 2.59. The van der Waals surface area contributed by atoms with E-state index in [0.29, 0.717) is 5.89 Å². The first-order valence-electron chi connectivity index (χ1n) is 6.61. The van der Waals surface area contributed by atoms with Crippen LogP contribution in [-0.2, 0) is 6.54 Å². The number of aliphatic hydroxyl groups excluding tert-OH is 1. The van der Waals surface area contributed by atoms with Crippen LogP contribution in [0.1, 0.15) is 24.3 Å². The SMILES string of the molecule is Cc1oc(-c2ccsc2)nc1CN1CCC[C@@H]1CO. The molecule has 1 atom stereocenters. The van der Waals surface area contributed by atoms with Crippen molar-refractivity contribution >= 4 is 11.3 Å². The van der Waals surface area contributed by atoms with Gasteiger partial charge in [-0.1, -0.05) is 0 Å². The number of aliphatic hydroxyl groups is 1. The molecular weight excluding hydrogens is 260 g/mol. The van der Waals surface area contributed by atoms with E-state index in [4.69, 9.17) is 4.42 Å². The molecule has 0 saturated carbocycles. The number of hydrogen-bond donors (Lipinski definition) is 1. The van der Waals surface area contributed by atoms with E-state index >= 15 is 0 Å². The molecule has 0 spiro atoms. The molecule has 0 bridgehead atoms. The Balaban J connectivity index is 1.78. The third-order valence-corrected chi connectivity index (χ3v) is 4.41. The normalized spacial score (nSPS) is 20.2. The smallest absolute Gasteiger partial charge is 0.227 e. The van der Waals surface area contributed by atoms with Crippen molar-refractivity contribution in [3.05, 3.63) is 28.3 Å². The number of hydrogen-bond acceptors (Lipinski definition) is 5. The Bertz CT molecular complexity index is 536. The molecule has 4 nitrogen and oxygen atoms in total. The maximum atomic E-state index is 9.36. The van der Waals surface area contributed by atoms with Crippen molar-refractivity contribution in [1.29, 1.82) is 0 Å². The van der Waals surface area contributed by atoms with Gasteiger partial charge < -0.3 is 9.52 Å². The summed E-state index contributed by atoms with van der Waals surface area (Å²) in [6.45, 7) is 3.99. The van der Waals surface area contributed by atoms with Gasteiger partial charge in [0.1, 0.15) is 5.76 Å². The van der Waals surface area contributed by atoms with E-state index in [2.05, 4.69) is 9.88 Å². The molecule has 1 fully saturated rings. The molecule has 3 heterocycles. The molecule has 3 rings (SSSR count). The lowest BCUT2D eigenvalue weighted by molar-refractivity contribution is 0.152. The molecule has 2 aromatic heterocycles. The molecule has 0 aromatic carbocycles. The lowest BCUT2D eigenvalue weighted by Crippen LogP contribution is -2.31. The highest BCUT2D eigenvalue weighted by Gasteiger charge is 2.25. The summed E-state index contributed by atoms with van der Waals surface area (Å²) in [5.74, 6) is 1.58. The quantitative estimate of drug-likeness (QED) is 0.934. The van der Waals surface area contributed by atoms with Crippen LogP contribution in [0, 0.1) is 6.92 Å². The zero-order valence-electron chi connectivity index (χ0n) is 11.0. The molecule has 0 aliphatic carbocycles.